The van der Waals surface area contributed by atoms with E-state index in [4.69, 9.17) is 11.6 Å². The highest BCUT2D eigenvalue weighted by atomic mass is 79.9. The van der Waals surface area contributed by atoms with Crippen LogP contribution in [-0.2, 0) is 0 Å². The SMILES string of the molecule is O=C(Cl)c1ncc(OC(F)(F)F)cc1Br. The molecule has 1 rings (SSSR count). The Morgan fingerprint density at radius 1 is 1.53 bits per heavy atom. The quantitative estimate of drug-likeness (QED) is 0.788. The zero-order valence-corrected chi connectivity index (χ0v) is 9.15. The number of carbonyl (C=O) groups excluding carboxylic acids is 1. The van der Waals surface area contributed by atoms with Crippen molar-refractivity contribution in [3.05, 3.63) is 22.4 Å². The van der Waals surface area contributed by atoms with Gasteiger partial charge in [0.05, 0.1) is 10.7 Å². The average molecular weight is 304 g/mol. The second kappa shape index (κ2) is 4.36. The van der Waals surface area contributed by atoms with E-state index in [0.717, 1.165) is 12.3 Å². The summed E-state index contributed by atoms with van der Waals surface area (Å²) in [7, 11) is 0. The number of ether oxygens (including phenoxy) is 1. The molecule has 0 aliphatic heterocycles. The molecule has 0 aromatic carbocycles. The Labute approximate surface area is 95.3 Å². The van der Waals surface area contributed by atoms with Crippen molar-refractivity contribution in [1.29, 1.82) is 0 Å². The lowest BCUT2D eigenvalue weighted by Crippen LogP contribution is -2.17. The van der Waals surface area contributed by atoms with Gasteiger partial charge in [-0.2, -0.15) is 0 Å². The van der Waals surface area contributed by atoms with E-state index < -0.39 is 17.4 Å². The van der Waals surface area contributed by atoms with Gasteiger partial charge in [-0.25, -0.2) is 4.98 Å². The number of hydrogen-bond donors (Lipinski definition) is 0. The molecule has 1 aromatic heterocycles. The first-order valence-electron chi connectivity index (χ1n) is 3.41. The molecular weight excluding hydrogens is 302 g/mol. The molecular formula is C7H2BrClF3NO2. The zero-order chi connectivity index (χ0) is 11.6. The molecule has 0 bridgehead atoms. The van der Waals surface area contributed by atoms with Crippen LogP contribution in [0.5, 0.6) is 5.75 Å². The van der Waals surface area contributed by atoms with Crippen LogP contribution in [0.25, 0.3) is 0 Å². The van der Waals surface area contributed by atoms with Gasteiger partial charge >= 0.3 is 6.36 Å². The minimum absolute atomic E-state index is 0.0317. The molecule has 0 aliphatic carbocycles. The second-order valence-electron chi connectivity index (χ2n) is 2.32. The van der Waals surface area contributed by atoms with Gasteiger partial charge in [0.25, 0.3) is 5.24 Å². The van der Waals surface area contributed by atoms with Crippen molar-refractivity contribution in [2.24, 2.45) is 0 Å². The molecule has 0 saturated carbocycles. The molecule has 0 amide bonds. The van der Waals surface area contributed by atoms with E-state index in [1.807, 2.05) is 0 Å². The molecule has 0 radical (unpaired) electrons. The third kappa shape index (κ3) is 3.67. The summed E-state index contributed by atoms with van der Waals surface area (Å²) in [5.41, 5.74) is -0.175. The van der Waals surface area contributed by atoms with Gasteiger partial charge in [0, 0.05) is 0 Å². The summed E-state index contributed by atoms with van der Waals surface area (Å²) in [5, 5.41) is -0.875. The number of nitrogens with zero attached hydrogens (tertiary/aromatic N) is 1. The number of pyridine rings is 1. The molecule has 0 saturated heterocycles. The monoisotopic (exact) mass is 303 g/mol. The summed E-state index contributed by atoms with van der Waals surface area (Å²) >= 11 is 7.94. The molecule has 0 spiro atoms. The number of hydrogen-bond acceptors (Lipinski definition) is 3. The standard InChI is InChI=1S/C7H2BrClF3NO2/c8-4-1-3(15-7(10,11)12)2-13-5(4)6(9)14/h1-2H. The topological polar surface area (TPSA) is 39.2 Å². The summed E-state index contributed by atoms with van der Waals surface area (Å²) in [6.07, 6.45) is -4.04. The Kier molecular flexibility index (Phi) is 3.56. The van der Waals surface area contributed by atoms with Crippen LogP contribution in [0, 0.1) is 0 Å². The van der Waals surface area contributed by atoms with Crippen molar-refractivity contribution < 1.29 is 22.7 Å². The molecule has 1 heterocycles. The third-order valence-electron chi connectivity index (χ3n) is 1.24. The van der Waals surface area contributed by atoms with Gasteiger partial charge in [-0.15, -0.1) is 13.2 Å². The van der Waals surface area contributed by atoms with E-state index in [1.165, 1.54) is 0 Å². The van der Waals surface area contributed by atoms with Crippen molar-refractivity contribution in [3.8, 4) is 5.75 Å². The van der Waals surface area contributed by atoms with E-state index in [2.05, 4.69) is 25.7 Å². The van der Waals surface area contributed by atoms with Crippen molar-refractivity contribution >= 4 is 32.8 Å². The summed E-state index contributed by atoms with van der Waals surface area (Å²) in [6, 6.07) is 0.954. The van der Waals surface area contributed by atoms with Crippen LogP contribution < -0.4 is 4.74 Å². The lowest BCUT2D eigenvalue weighted by Gasteiger charge is -2.08. The largest absolute Gasteiger partial charge is 0.573 e. The minimum Gasteiger partial charge on any atom is -0.404 e. The number of alkyl halides is 3. The Bertz CT molecular complexity index is 396. The predicted molar refractivity (Wildman–Crippen MR) is 48.8 cm³/mol. The lowest BCUT2D eigenvalue weighted by atomic mass is 10.3. The fraction of sp³-hybridized carbons (Fsp3) is 0.143. The van der Waals surface area contributed by atoms with Crippen molar-refractivity contribution in [3.63, 3.8) is 0 Å². The highest BCUT2D eigenvalue weighted by Gasteiger charge is 2.31. The van der Waals surface area contributed by atoms with Gasteiger partial charge in [-0.05, 0) is 33.6 Å². The number of rotatable bonds is 2. The van der Waals surface area contributed by atoms with E-state index in [-0.39, 0.29) is 10.2 Å². The van der Waals surface area contributed by atoms with Crippen molar-refractivity contribution in [2.45, 2.75) is 6.36 Å². The van der Waals surface area contributed by atoms with Crippen LogP contribution in [0.2, 0.25) is 0 Å². The lowest BCUT2D eigenvalue weighted by molar-refractivity contribution is -0.274. The van der Waals surface area contributed by atoms with Gasteiger partial charge < -0.3 is 4.74 Å². The van der Waals surface area contributed by atoms with Crippen LogP contribution in [0.3, 0.4) is 0 Å². The number of carbonyl (C=O) groups is 1. The fourth-order valence-electron chi connectivity index (χ4n) is 0.754. The molecule has 8 heteroatoms. The highest BCUT2D eigenvalue weighted by Crippen LogP contribution is 2.26. The smallest absolute Gasteiger partial charge is 0.404 e. The summed E-state index contributed by atoms with van der Waals surface area (Å²) in [4.78, 5) is 14.1. The van der Waals surface area contributed by atoms with Gasteiger partial charge in [0.1, 0.15) is 11.4 Å². The zero-order valence-electron chi connectivity index (χ0n) is 6.81. The van der Waals surface area contributed by atoms with Gasteiger partial charge in [-0.1, -0.05) is 0 Å². The molecule has 0 unspecified atom stereocenters. The maximum Gasteiger partial charge on any atom is 0.573 e. The number of aromatic nitrogens is 1. The van der Waals surface area contributed by atoms with Crippen LogP contribution in [0.15, 0.2) is 16.7 Å². The van der Waals surface area contributed by atoms with Crippen LogP contribution in [-0.4, -0.2) is 16.6 Å². The van der Waals surface area contributed by atoms with Crippen molar-refractivity contribution in [2.75, 3.05) is 0 Å². The molecule has 0 fully saturated rings. The Balaban J connectivity index is 2.97. The first-order valence-corrected chi connectivity index (χ1v) is 4.58. The fourth-order valence-corrected chi connectivity index (χ4v) is 1.53. The molecule has 1 aromatic rings. The molecule has 3 nitrogen and oxygen atoms in total. The molecule has 0 N–H and O–H groups in total. The third-order valence-corrected chi connectivity index (χ3v) is 2.02. The van der Waals surface area contributed by atoms with E-state index in [9.17, 15) is 18.0 Å². The Hall–Kier alpha value is -0.820. The van der Waals surface area contributed by atoms with Crippen LogP contribution in [0.1, 0.15) is 10.5 Å². The van der Waals surface area contributed by atoms with Gasteiger partial charge in [0.15, 0.2) is 0 Å². The molecule has 15 heavy (non-hydrogen) atoms. The first-order chi connectivity index (χ1) is 6.79. The van der Waals surface area contributed by atoms with E-state index in [0.29, 0.717) is 0 Å². The Morgan fingerprint density at radius 3 is 2.53 bits per heavy atom. The summed E-state index contributed by atoms with van der Waals surface area (Å²) < 4.78 is 38.9. The van der Waals surface area contributed by atoms with Crippen LogP contribution in [0.4, 0.5) is 13.2 Å². The normalized spacial score (nSPS) is 11.3. The van der Waals surface area contributed by atoms with Crippen LogP contribution >= 0.6 is 27.5 Å². The van der Waals surface area contributed by atoms with Gasteiger partial charge in [-0.3, -0.25) is 4.79 Å². The number of halogens is 5. The highest BCUT2D eigenvalue weighted by molar-refractivity contribution is 9.10. The van der Waals surface area contributed by atoms with Gasteiger partial charge in [0.2, 0.25) is 0 Å². The Morgan fingerprint density at radius 2 is 2.13 bits per heavy atom. The van der Waals surface area contributed by atoms with E-state index in [1.54, 1.807) is 0 Å². The average Bonchev–Trinajstić information content (AvgIpc) is 1.99. The predicted octanol–water partition coefficient (Wildman–Crippen LogP) is 3.12. The minimum atomic E-state index is -4.80. The van der Waals surface area contributed by atoms with Crippen molar-refractivity contribution in [1.82, 2.24) is 4.98 Å². The first kappa shape index (κ1) is 12.3. The maximum atomic E-state index is 11.8. The summed E-state index contributed by atoms with van der Waals surface area (Å²) in [6.45, 7) is 0. The maximum absolute atomic E-state index is 11.8. The van der Waals surface area contributed by atoms with E-state index >= 15 is 0 Å². The molecule has 0 aliphatic rings. The second-order valence-corrected chi connectivity index (χ2v) is 3.52. The molecule has 0 atom stereocenters. The summed E-state index contributed by atoms with van der Waals surface area (Å²) in [5.74, 6) is -0.531. The molecule has 82 valence electrons.